The Balaban J connectivity index is 2.19. The molecule has 0 saturated carbocycles. The van der Waals surface area contributed by atoms with Crippen molar-refractivity contribution in [2.45, 2.75) is 12.8 Å². The highest BCUT2D eigenvalue weighted by molar-refractivity contribution is 5.77. The van der Waals surface area contributed by atoms with Crippen LogP contribution in [0.2, 0.25) is 0 Å². The Kier molecular flexibility index (Phi) is 2.05. The lowest BCUT2D eigenvalue weighted by atomic mass is 10.1. The smallest absolute Gasteiger partial charge is 0.0908 e. The van der Waals surface area contributed by atoms with Gasteiger partial charge in [-0.1, -0.05) is 0 Å². The van der Waals surface area contributed by atoms with Crippen LogP contribution in [0.25, 0.3) is 0 Å². The van der Waals surface area contributed by atoms with Gasteiger partial charge in [-0.3, -0.25) is 5.41 Å². The van der Waals surface area contributed by atoms with Crippen molar-refractivity contribution in [2.24, 2.45) is 11.7 Å². The molecule has 1 rings (SSSR count). The molecule has 1 atom stereocenters. The van der Waals surface area contributed by atoms with E-state index in [0.717, 1.165) is 19.6 Å². The molecule has 3 heteroatoms. The van der Waals surface area contributed by atoms with Crippen molar-refractivity contribution >= 4 is 5.84 Å². The molecule has 0 aromatic heterocycles. The Hall–Kier alpha value is -0.570. The maximum absolute atomic E-state index is 6.98. The molecule has 52 valence electrons. The maximum Gasteiger partial charge on any atom is 0.0908 e. The number of amidine groups is 1. The van der Waals surface area contributed by atoms with Crippen LogP contribution in [0.4, 0.5) is 0 Å². The van der Waals surface area contributed by atoms with E-state index >= 15 is 0 Å². The predicted octanol–water partition coefficient (Wildman–Crippen LogP) is 0.349. The van der Waals surface area contributed by atoms with E-state index in [9.17, 15) is 0 Å². The summed E-state index contributed by atoms with van der Waals surface area (Å²) in [5, 5.41) is 6.98. The van der Waals surface area contributed by atoms with Gasteiger partial charge in [-0.2, -0.15) is 0 Å². The number of rotatable bonds is 2. The lowest BCUT2D eigenvalue weighted by Gasteiger charge is -2.02. The van der Waals surface area contributed by atoms with Crippen molar-refractivity contribution in [3.63, 3.8) is 0 Å². The van der Waals surface area contributed by atoms with Gasteiger partial charge in [-0.15, -0.1) is 0 Å². The van der Waals surface area contributed by atoms with E-state index < -0.39 is 0 Å². The number of ether oxygens (including phenoxy) is 1. The third kappa shape index (κ3) is 2.01. The van der Waals surface area contributed by atoms with Crippen molar-refractivity contribution in [3.05, 3.63) is 0 Å². The van der Waals surface area contributed by atoms with Gasteiger partial charge in [0.2, 0.25) is 0 Å². The molecule has 1 fully saturated rings. The standard InChI is InChI=1S/C6H12N2O/c7-6(8)3-5-1-2-9-4-5/h5H,1-4H2,(H3,7,8). The molecule has 3 N–H and O–H groups in total. The summed E-state index contributed by atoms with van der Waals surface area (Å²) in [5.74, 6) is 0.799. The molecule has 0 aromatic carbocycles. The zero-order valence-corrected chi connectivity index (χ0v) is 5.39. The van der Waals surface area contributed by atoms with Crippen LogP contribution in [0.5, 0.6) is 0 Å². The van der Waals surface area contributed by atoms with Crippen molar-refractivity contribution < 1.29 is 4.74 Å². The summed E-state index contributed by atoms with van der Waals surface area (Å²) in [5.41, 5.74) is 5.20. The van der Waals surface area contributed by atoms with E-state index in [1.807, 2.05) is 0 Å². The Morgan fingerprint density at radius 3 is 3.00 bits per heavy atom. The molecule has 9 heavy (non-hydrogen) atoms. The molecular weight excluding hydrogens is 116 g/mol. The van der Waals surface area contributed by atoms with Crippen LogP contribution in [0.1, 0.15) is 12.8 Å². The first kappa shape index (κ1) is 6.55. The molecule has 0 amide bonds. The second-order valence-electron chi connectivity index (χ2n) is 2.46. The number of nitrogens with two attached hydrogens (primary N) is 1. The van der Waals surface area contributed by atoms with Crippen LogP contribution in [0.3, 0.4) is 0 Å². The quantitative estimate of drug-likeness (QED) is 0.416. The van der Waals surface area contributed by atoms with E-state index in [1.165, 1.54) is 0 Å². The van der Waals surface area contributed by atoms with E-state index in [1.54, 1.807) is 0 Å². The summed E-state index contributed by atoms with van der Waals surface area (Å²) in [6.07, 6.45) is 1.78. The molecule has 1 saturated heterocycles. The van der Waals surface area contributed by atoms with Crippen LogP contribution >= 0.6 is 0 Å². The fourth-order valence-corrected chi connectivity index (χ4v) is 1.06. The minimum atomic E-state index is 0.283. The normalized spacial score (nSPS) is 26.4. The molecule has 1 heterocycles. The molecule has 0 radical (unpaired) electrons. The fourth-order valence-electron chi connectivity index (χ4n) is 1.06. The molecule has 0 bridgehead atoms. The first-order chi connectivity index (χ1) is 4.29. The van der Waals surface area contributed by atoms with Gasteiger partial charge in [0.05, 0.1) is 5.84 Å². The van der Waals surface area contributed by atoms with Gasteiger partial charge >= 0.3 is 0 Å². The zero-order valence-electron chi connectivity index (χ0n) is 5.39. The van der Waals surface area contributed by atoms with Crippen LogP contribution in [-0.2, 0) is 4.74 Å². The minimum Gasteiger partial charge on any atom is -0.388 e. The predicted molar refractivity (Wildman–Crippen MR) is 35.5 cm³/mol. The molecular formula is C6H12N2O. The van der Waals surface area contributed by atoms with E-state index in [-0.39, 0.29) is 5.84 Å². The molecule has 0 spiro atoms. The van der Waals surface area contributed by atoms with E-state index in [0.29, 0.717) is 12.3 Å². The second-order valence-corrected chi connectivity index (χ2v) is 2.46. The Morgan fingerprint density at radius 2 is 2.56 bits per heavy atom. The second kappa shape index (κ2) is 2.82. The largest absolute Gasteiger partial charge is 0.388 e. The highest BCUT2D eigenvalue weighted by Gasteiger charge is 2.15. The molecule has 3 nitrogen and oxygen atoms in total. The summed E-state index contributed by atoms with van der Waals surface area (Å²) in [4.78, 5) is 0. The van der Waals surface area contributed by atoms with Crippen LogP contribution in [-0.4, -0.2) is 19.0 Å². The van der Waals surface area contributed by atoms with E-state index in [2.05, 4.69) is 0 Å². The van der Waals surface area contributed by atoms with Crippen LogP contribution in [0.15, 0.2) is 0 Å². The van der Waals surface area contributed by atoms with Gasteiger partial charge < -0.3 is 10.5 Å². The summed E-state index contributed by atoms with van der Waals surface area (Å²) < 4.78 is 5.11. The lowest BCUT2D eigenvalue weighted by molar-refractivity contribution is 0.187. The molecule has 0 aliphatic carbocycles. The monoisotopic (exact) mass is 128 g/mol. The van der Waals surface area contributed by atoms with E-state index in [4.69, 9.17) is 15.9 Å². The first-order valence-corrected chi connectivity index (χ1v) is 3.19. The van der Waals surface area contributed by atoms with Gasteiger partial charge in [0, 0.05) is 19.6 Å². The van der Waals surface area contributed by atoms with Crippen molar-refractivity contribution in [2.75, 3.05) is 13.2 Å². The lowest BCUT2D eigenvalue weighted by Crippen LogP contribution is -2.15. The maximum atomic E-state index is 6.98. The molecule has 1 aliphatic rings. The summed E-state index contributed by atoms with van der Waals surface area (Å²) >= 11 is 0. The minimum absolute atomic E-state index is 0.283. The Labute approximate surface area is 54.7 Å². The molecule has 0 aromatic rings. The third-order valence-corrected chi connectivity index (χ3v) is 1.53. The van der Waals surface area contributed by atoms with Crippen molar-refractivity contribution in [1.82, 2.24) is 0 Å². The highest BCUT2D eigenvalue weighted by Crippen LogP contribution is 2.15. The highest BCUT2D eigenvalue weighted by atomic mass is 16.5. The van der Waals surface area contributed by atoms with Crippen molar-refractivity contribution in [1.29, 1.82) is 5.41 Å². The van der Waals surface area contributed by atoms with Gasteiger partial charge in [0.15, 0.2) is 0 Å². The fraction of sp³-hybridized carbons (Fsp3) is 0.833. The van der Waals surface area contributed by atoms with Gasteiger partial charge in [-0.05, 0) is 12.3 Å². The molecule has 1 unspecified atom stereocenters. The van der Waals surface area contributed by atoms with Crippen LogP contribution < -0.4 is 5.73 Å². The summed E-state index contributed by atoms with van der Waals surface area (Å²) in [6.45, 7) is 1.64. The Morgan fingerprint density at radius 1 is 1.78 bits per heavy atom. The summed E-state index contributed by atoms with van der Waals surface area (Å²) in [6, 6.07) is 0. The number of hydrogen-bond acceptors (Lipinski definition) is 2. The number of nitrogens with one attached hydrogen (secondary N) is 1. The average Bonchev–Trinajstić information content (AvgIpc) is 2.15. The topological polar surface area (TPSA) is 59.1 Å². The molecule has 1 aliphatic heterocycles. The van der Waals surface area contributed by atoms with Gasteiger partial charge in [0.25, 0.3) is 0 Å². The van der Waals surface area contributed by atoms with Gasteiger partial charge in [0.1, 0.15) is 0 Å². The Bertz CT molecular complexity index is 108. The van der Waals surface area contributed by atoms with Gasteiger partial charge in [-0.25, -0.2) is 0 Å². The van der Waals surface area contributed by atoms with Crippen LogP contribution in [0, 0.1) is 11.3 Å². The number of hydrogen-bond donors (Lipinski definition) is 2. The average molecular weight is 128 g/mol. The summed E-state index contributed by atoms with van der Waals surface area (Å²) in [7, 11) is 0. The van der Waals surface area contributed by atoms with Crippen molar-refractivity contribution in [3.8, 4) is 0 Å². The zero-order chi connectivity index (χ0) is 6.69. The first-order valence-electron chi connectivity index (χ1n) is 3.19. The third-order valence-electron chi connectivity index (χ3n) is 1.53. The SMILES string of the molecule is N=C(N)CC1CCOC1.